The maximum atomic E-state index is 12.8. The molecule has 0 saturated heterocycles. The Kier molecular flexibility index (Phi) is 5.11. The summed E-state index contributed by atoms with van der Waals surface area (Å²) in [4.78, 5) is 29.9. The fraction of sp³-hybridized carbons (Fsp3) is 0.174. The maximum Gasteiger partial charge on any atom is 0.261 e. The van der Waals surface area contributed by atoms with E-state index in [4.69, 9.17) is 0 Å². The summed E-state index contributed by atoms with van der Waals surface area (Å²) in [6.45, 7) is 3.98. The summed E-state index contributed by atoms with van der Waals surface area (Å²) in [6, 6.07) is 17.6. The van der Waals surface area contributed by atoms with Crippen molar-refractivity contribution in [2.75, 3.05) is 11.1 Å². The van der Waals surface area contributed by atoms with Gasteiger partial charge in [-0.25, -0.2) is 4.98 Å². The molecule has 4 aromatic rings. The predicted molar refractivity (Wildman–Crippen MR) is 120 cm³/mol. The van der Waals surface area contributed by atoms with Crippen LogP contribution in [0.15, 0.2) is 64.5 Å². The van der Waals surface area contributed by atoms with Gasteiger partial charge in [-0.2, -0.15) is 0 Å². The molecule has 1 amide bonds. The molecular weight excluding hydrogens is 382 g/mol. The maximum absolute atomic E-state index is 12.8. The number of hydrogen-bond donors (Lipinski definition) is 1. The summed E-state index contributed by atoms with van der Waals surface area (Å²) in [7, 11) is 1.69. The lowest BCUT2D eigenvalue weighted by atomic mass is 10.1. The van der Waals surface area contributed by atoms with Crippen LogP contribution in [0.2, 0.25) is 0 Å². The summed E-state index contributed by atoms with van der Waals surface area (Å²) in [6.07, 6.45) is 0. The second kappa shape index (κ2) is 7.72. The van der Waals surface area contributed by atoms with Crippen LogP contribution in [-0.2, 0) is 11.8 Å². The Bertz CT molecular complexity index is 1310. The zero-order valence-electron chi connectivity index (χ0n) is 16.5. The molecule has 29 heavy (non-hydrogen) atoms. The van der Waals surface area contributed by atoms with Gasteiger partial charge in [0, 0.05) is 12.7 Å². The van der Waals surface area contributed by atoms with E-state index in [0.29, 0.717) is 16.1 Å². The molecule has 5 nitrogen and oxygen atoms in total. The Morgan fingerprint density at radius 1 is 1.07 bits per heavy atom. The van der Waals surface area contributed by atoms with Gasteiger partial charge in [0.1, 0.15) is 0 Å². The van der Waals surface area contributed by atoms with Gasteiger partial charge < -0.3 is 5.32 Å². The van der Waals surface area contributed by atoms with E-state index in [-0.39, 0.29) is 17.2 Å². The summed E-state index contributed by atoms with van der Waals surface area (Å²) in [5, 5.41) is 6.07. The normalized spacial score (nSPS) is 11.1. The standard InChI is InChI=1S/C23H21N3O2S/c1-14-8-9-19(15(2)10-14)24-21(27)13-29-23-25-20-12-17-7-5-4-6-16(17)11-18(20)22(28)26(23)3/h4-12H,13H2,1-3H3,(H,24,27). The molecule has 0 atom stereocenters. The number of hydrogen-bond acceptors (Lipinski definition) is 4. The van der Waals surface area contributed by atoms with E-state index in [1.54, 1.807) is 7.05 Å². The van der Waals surface area contributed by atoms with Gasteiger partial charge in [-0.3, -0.25) is 14.2 Å². The van der Waals surface area contributed by atoms with Crippen molar-refractivity contribution >= 4 is 45.0 Å². The number of nitrogens with one attached hydrogen (secondary N) is 1. The van der Waals surface area contributed by atoms with Crippen LogP contribution in [0.4, 0.5) is 5.69 Å². The van der Waals surface area contributed by atoms with Gasteiger partial charge in [0.05, 0.1) is 16.7 Å². The molecule has 3 aromatic carbocycles. The predicted octanol–water partition coefficient (Wildman–Crippen LogP) is 4.43. The monoisotopic (exact) mass is 403 g/mol. The Morgan fingerprint density at radius 3 is 2.52 bits per heavy atom. The van der Waals surface area contributed by atoms with E-state index in [1.807, 2.05) is 68.4 Å². The van der Waals surface area contributed by atoms with Crippen LogP contribution in [0.1, 0.15) is 11.1 Å². The Balaban J connectivity index is 1.58. The first kappa shape index (κ1) is 19.2. The smallest absolute Gasteiger partial charge is 0.261 e. The largest absolute Gasteiger partial charge is 0.325 e. The van der Waals surface area contributed by atoms with Gasteiger partial charge in [-0.15, -0.1) is 0 Å². The average Bonchev–Trinajstić information content (AvgIpc) is 2.70. The molecule has 0 aliphatic heterocycles. The number of rotatable bonds is 4. The fourth-order valence-corrected chi connectivity index (χ4v) is 4.11. The molecule has 1 N–H and O–H groups in total. The van der Waals surface area contributed by atoms with Crippen LogP contribution in [0, 0.1) is 13.8 Å². The number of aromatic nitrogens is 2. The SMILES string of the molecule is Cc1ccc(NC(=O)CSc2nc3cc4ccccc4cc3c(=O)n2C)c(C)c1. The number of aryl methyl sites for hydroxylation is 2. The summed E-state index contributed by atoms with van der Waals surface area (Å²) < 4.78 is 1.51. The number of fused-ring (bicyclic) bond motifs is 2. The minimum Gasteiger partial charge on any atom is -0.325 e. The number of carbonyl (C=O) groups is 1. The van der Waals surface area contributed by atoms with Gasteiger partial charge in [0.25, 0.3) is 5.56 Å². The first-order valence-corrected chi connectivity index (χ1v) is 10.3. The number of amides is 1. The molecule has 0 radical (unpaired) electrons. The van der Waals surface area contributed by atoms with E-state index in [0.717, 1.165) is 27.6 Å². The number of anilines is 1. The Morgan fingerprint density at radius 2 is 1.79 bits per heavy atom. The molecule has 1 aromatic heterocycles. The van der Waals surface area contributed by atoms with Crippen molar-refractivity contribution in [3.05, 3.63) is 76.1 Å². The van der Waals surface area contributed by atoms with Gasteiger partial charge >= 0.3 is 0 Å². The first-order chi connectivity index (χ1) is 13.9. The van der Waals surface area contributed by atoms with Crippen molar-refractivity contribution in [1.82, 2.24) is 9.55 Å². The van der Waals surface area contributed by atoms with Gasteiger partial charge in [0.2, 0.25) is 5.91 Å². The van der Waals surface area contributed by atoms with E-state index < -0.39 is 0 Å². The molecule has 4 rings (SSSR count). The van der Waals surface area contributed by atoms with Gasteiger partial charge in [-0.1, -0.05) is 53.7 Å². The third-order valence-corrected chi connectivity index (χ3v) is 5.92. The zero-order valence-corrected chi connectivity index (χ0v) is 17.3. The van der Waals surface area contributed by atoms with Crippen LogP contribution >= 0.6 is 11.8 Å². The molecule has 0 bridgehead atoms. The van der Waals surface area contributed by atoms with E-state index in [9.17, 15) is 9.59 Å². The van der Waals surface area contributed by atoms with Crippen molar-refractivity contribution in [1.29, 1.82) is 0 Å². The van der Waals surface area contributed by atoms with Crippen LogP contribution in [0.5, 0.6) is 0 Å². The summed E-state index contributed by atoms with van der Waals surface area (Å²) in [5.41, 5.74) is 3.50. The van der Waals surface area contributed by atoms with Crippen molar-refractivity contribution in [2.24, 2.45) is 7.05 Å². The molecule has 1 heterocycles. The van der Waals surface area contributed by atoms with Gasteiger partial charge in [0.15, 0.2) is 5.16 Å². The molecule has 0 saturated carbocycles. The second-order valence-electron chi connectivity index (χ2n) is 7.13. The highest BCUT2D eigenvalue weighted by molar-refractivity contribution is 7.99. The van der Waals surface area contributed by atoms with Crippen LogP contribution in [0.3, 0.4) is 0 Å². The van der Waals surface area contributed by atoms with Gasteiger partial charge in [-0.05, 0) is 48.4 Å². The van der Waals surface area contributed by atoms with Crippen molar-refractivity contribution < 1.29 is 4.79 Å². The van der Waals surface area contributed by atoms with Crippen LogP contribution in [-0.4, -0.2) is 21.2 Å². The third-order valence-electron chi connectivity index (χ3n) is 4.89. The molecule has 0 fully saturated rings. The topological polar surface area (TPSA) is 64.0 Å². The fourth-order valence-electron chi connectivity index (χ4n) is 3.34. The quantitative estimate of drug-likeness (QED) is 0.311. The first-order valence-electron chi connectivity index (χ1n) is 9.32. The lowest BCUT2D eigenvalue weighted by molar-refractivity contribution is -0.113. The molecule has 6 heteroatoms. The average molecular weight is 404 g/mol. The highest BCUT2D eigenvalue weighted by Crippen LogP contribution is 2.23. The number of nitrogens with zero attached hydrogens (tertiary/aromatic N) is 2. The van der Waals surface area contributed by atoms with Crippen LogP contribution < -0.4 is 10.9 Å². The Labute approximate surface area is 172 Å². The Hall–Kier alpha value is -3.12. The lowest BCUT2D eigenvalue weighted by Gasteiger charge is -2.11. The summed E-state index contributed by atoms with van der Waals surface area (Å²) >= 11 is 1.26. The highest BCUT2D eigenvalue weighted by Gasteiger charge is 2.12. The van der Waals surface area contributed by atoms with Crippen molar-refractivity contribution in [3.63, 3.8) is 0 Å². The minimum atomic E-state index is -0.130. The third kappa shape index (κ3) is 3.89. The van der Waals surface area contributed by atoms with Crippen molar-refractivity contribution in [2.45, 2.75) is 19.0 Å². The number of carbonyl (C=O) groups excluding carboxylic acids is 1. The van der Waals surface area contributed by atoms with Crippen LogP contribution in [0.25, 0.3) is 21.7 Å². The highest BCUT2D eigenvalue weighted by atomic mass is 32.2. The zero-order chi connectivity index (χ0) is 20.5. The minimum absolute atomic E-state index is 0.113. The second-order valence-corrected chi connectivity index (χ2v) is 8.07. The number of benzene rings is 3. The molecule has 0 aliphatic rings. The van der Waals surface area contributed by atoms with E-state index in [2.05, 4.69) is 10.3 Å². The molecular formula is C23H21N3O2S. The van der Waals surface area contributed by atoms with E-state index >= 15 is 0 Å². The molecule has 0 unspecified atom stereocenters. The summed E-state index contributed by atoms with van der Waals surface area (Å²) in [5.74, 6) is 0.0435. The molecule has 0 aliphatic carbocycles. The van der Waals surface area contributed by atoms with Crippen molar-refractivity contribution in [3.8, 4) is 0 Å². The van der Waals surface area contributed by atoms with E-state index in [1.165, 1.54) is 16.3 Å². The lowest BCUT2D eigenvalue weighted by Crippen LogP contribution is -2.21. The molecule has 0 spiro atoms. The number of thioether (sulfide) groups is 1. The molecule has 146 valence electrons.